The Morgan fingerprint density at radius 2 is 2.05 bits per heavy atom. The third kappa shape index (κ3) is 4.43. The van der Waals surface area contributed by atoms with Crippen molar-refractivity contribution in [1.82, 2.24) is 20.2 Å². The molecule has 7 nitrogen and oxygen atoms in total. The number of carbonyl (C=O) groups is 1. The highest BCUT2D eigenvalue weighted by atomic mass is 32.1. The third-order valence-electron chi connectivity index (χ3n) is 8.65. The number of aliphatic imine (C=N–C) groups is 1. The molecule has 204 valence electrons. The molecule has 4 aromatic heterocycles. The zero-order valence-electron chi connectivity index (χ0n) is 22.8. The number of allylic oxidation sites excluding steroid dienone is 3. The predicted octanol–water partition coefficient (Wildman–Crippen LogP) is 5.36. The number of rotatable bonds is 5. The second kappa shape index (κ2) is 9.66. The highest BCUT2D eigenvalue weighted by molar-refractivity contribution is 7.13. The van der Waals surface area contributed by atoms with Gasteiger partial charge in [0.2, 0.25) is 5.91 Å². The maximum Gasteiger partial charge on any atom is 0.227 e. The van der Waals surface area contributed by atoms with Crippen molar-refractivity contribution in [3.05, 3.63) is 85.5 Å². The van der Waals surface area contributed by atoms with Crippen molar-refractivity contribution >= 4 is 52.4 Å². The molecule has 8 rings (SSSR count). The molecule has 0 bridgehead atoms. The quantitative estimate of drug-likeness (QED) is 0.307. The molecule has 41 heavy (non-hydrogen) atoms. The number of amides is 1. The van der Waals surface area contributed by atoms with Gasteiger partial charge in [-0.25, -0.2) is 0 Å². The first-order chi connectivity index (χ1) is 20.1. The molecule has 0 radical (unpaired) electrons. The smallest absolute Gasteiger partial charge is 0.227 e. The van der Waals surface area contributed by atoms with Gasteiger partial charge >= 0.3 is 0 Å². The molecule has 5 heterocycles. The van der Waals surface area contributed by atoms with Crippen molar-refractivity contribution < 1.29 is 4.79 Å². The number of aromatic amines is 2. The van der Waals surface area contributed by atoms with Crippen LogP contribution in [-0.2, 0) is 11.3 Å². The van der Waals surface area contributed by atoms with Gasteiger partial charge in [0.25, 0.3) is 0 Å². The second-order valence-electron chi connectivity index (χ2n) is 11.4. The summed E-state index contributed by atoms with van der Waals surface area (Å²) in [6.07, 6.45) is 17.5. The Labute approximate surface area is 241 Å². The van der Waals surface area contributed by atoms with Crippen LogP contribution in [0.2, 0.25) is 0 Å². The SMILES string of the molecule is Cc1ccc(C2=CC=NCc3[nH]c(-c4n[nH]c5c4=CC(c4cncc(NC(=O)C6CCCC6)c4)=C4CC4C=5)cc32)s1. The summed E-state index contributed by atoms with van der Waals surface area (Å²) in [7, 11) is 0. The molecular weight excluding hydrogens is 528 g/mol. The first-order valence-electron chi connectivity index (χ1n) is 14.4. The molecule has 0 spiro atoms. The van der Waals surface area contributed by atoms with E-state index in [9.17, 15) is 4.79 Å². The van der Waals surface area contributed by atoms with Crippen LogP contribution in [0.1, 0.15) is 58.7 Å². The molecular formula is C33H30N6OS. The number of thiophene rings is 1. The number of hydrogen-bond donors (Lipinski definition) is 3. The minimum Gasteiger partial charge on any atom is -0.355 e. The largest absolute Gasteiger partial charge is 0.355 e. The summed E-state index contributed by atoms with van der Waals surface area (Å²) in [4.78, 5) is 28.1. The van der Waals surface area contributed by atoms with Crippen molar-refractivity contribution in [1.29, 1.82) is 0 Å². The van der Waals surface area contributed by atoms with Crippen molar-refractivity contribution in [2.24, 2.45) is 16.8 Å². The summed E-state index contributed by atoms with van der Waals surface area (Å²) < 4.78 is 0. The van der Waals surface area contributed by atoms with Gasteiger partial charge in [-0.2, -0.15) is 5.10 Å². The van der Waals surface area contributed by atoms with Gasteiger partial charge in [-0.05, 0) is 68.2 Å². The van der Waals surface area contributed by atoms with Crippen molar-refractivity contribution in [2.75, 3.05) is 5.32 Å². The maximum absolute atomic E-state index is 12.8. The lowest BCUT2D eigenvalue weighted by molar-refractivity contribution is -0.119. The van der Waals surface area contributed by atoms with E-state index in [1.807, 2.05) is 12.4 Å². The summed E-state index contributed by atoms with van der Waals surface area (Å²) >= 11 is 1.80. The zero-order chi connectivity index (χ0) is 27.5. The number of nitrogens with one attached hydrogen (secondary N) is 3. The van der Waals surface area contributed by atoms with Crippen LogP contribution < -0.4 is 15.9 Å². The van der Waals surface area contributed by atoms with Gasteiger partial charge in [0.1, 0.15) is 5.69 Å². The fourth-order valence-corrected chi connectivity index (χ4v) is 7.34. The van der Waals surface area contributed by atoms with Gasteiger partial charge < -0.3 is 10.3 Å². The Bertz CT molecular complexity index is 1930. The van der Waals surface area contributed by atoms with E-state index in [4.69, 9.17) is 5.10 Å². The molecule has 3 N–H and O–H groups in total. The van der Waals surface area contributed by atoms with E-state index in [0.29, 0.717) is 12.5 Å². The van der Waals surface area contributed by atoms with Crippen LogP contribution in [0.15, 0.2) is 53.3 Å². The van der Waals surface area contributed by atoms with Crippen molar-refractivity contribution in [2.45, 2.75) is 45.6 Å². The van der Waals surface area contributed by atoms with Gasteiger partial charge in [0, 0.05) is 61.6 Å². The topological polar surface area (TPSA) is 98.8 Å². The van der Waals surface area contributed by atoms with Crippen LogP contribution in [0, 0.1) is 18.8 Å². The number of aromatic nitrogens is 4. The van der Waals surface area contributed by atoms with Gasteiger partial charge in [0.15, 0.2) is 0 Å². The van der Waals surface area contributed by atoms with Crippen molar-refractivity contribution in [3.8, 4) is 11.4 Å². The molecule has 8 heteroatoms. The monoisotopic (exact) mass is 558 g/mol. The lowest BCUT2D eigenvalue weighted by Gasteiger charge is -2.11. The van der Waals surface area contributed by atoms with Gasteiger partial charge in [-0.1, -0.05) is 24.5 Å². The lowest BCUT2D eigenvalue weighted by atomic mass is 10.0. The van der Waals surface area contributed by atoms with E-state index in [2.05, 4.69) is 74.8 Å². The zero-order valence-corrected chi connectivity index (χ0v) is 23.6. The number of fused-ring (bicyclic) bond motifs is 3. The Morgan fingerprint density at radius 1 is 1.15 bits per heavy atom. The standard InChI is InChI=1S/C33H30N6OS/c1-18-6-7-31(41-18)23-8-9-34-17-30-26(23)14-29(37-30)32-27-13-25(24-11-20(24)12-28(27)38-39-32)21-10-22(16-35-15-21)36-33(40)19-4-2-3-5-19/h6-10,12-16,19-20,37-38H,2-5,11,17H2,1H3,(H,36,40). The summed E-state index contributed by atoms with van der Waals surface area (Å²) in [5.74, 6) is 0.617. The fourth-order valence-electron chi connectivity index (χ4n) is 6.43. The lowest BCUT2D eigenvalue weighted by Crippen LogP contribution is -2.24. The summed E-state index contributed by atoms with van der Waals surface area (Å²) in [5, 5.41) is 13.3. The molecule has 0 saturated heterocycles. The Hall–Kier alpha value is -4.30. The molecule has 2 fully saturated rings. The number of nitrogens with zero attached hydrogens (tertiary/aromatic N) is 3. The highest BCUT2D eigenvalue weighted by Crippen LogP contribution is 2.46. The van der Waals surface area contributed by atoms with Crippen LogP contribution in [0.3, 0.4) is 0 Å². The van der Waals surface area contributed by atoms with Crippen molar-refractivity contribution in [3.63, 3.8) is 0 Å². The van der Waals surface area contributed by atoms with Crippen LogP contribution >= 0.6 is 11.3 Å². The summed E-state index contributed by atoms with van der Waals surface area (Å²) in [6, 6.07) is 8.63. The van der Waals surface area contributed by atoms with E-state index in [1.165, 1.54) is 32.0 Å². The normalized spacial score (nSPS) is 19.3. The van der Waals surface area contributed by atoms with Crippen LogP contribution in [0.5, 0.6) is 0 Å². The number of aryl methyl sites for hydroxylation is 1. The summed E-state index contributed by atoms with van der Waals surface area (Å²) in [5.41, 5.74) is 9.68. The number of carbonyl (C=O) groups excluding carboxylic acids is 1. The highest BCUT2D eigenvalue weighted by Gasteiger charge is 2.33. The minimum atomic E-state index is 0.114. The summed E-state index contributed by atoms with van der Waals surface area (Å²) in [6.45, 7) is 2.74. The number of anilines is 1. The van der Waals surface area contributed by atoms with Gasteiger partial charge in [-0.3, -0.25) is 19.9 Å². The first-order valence-corrected chi connectivity index (χ1v) is 15.2. The molecule has 1 atom stereocenters. The third-order valence-corrected chi connectivity index (χ3v) is 9.69. The number of hydrogen-bond acceptors (Lipinski definition) is 5. The predicted molar refractivity (Wildman–Crippen MR) is 165 cm³/mol. The van der Waals surface area contributed by atoms with E-state index in [0.717, 1.165) is 71.0 Å². The molecule has 3 aliphatic carbocycles. The van der Waals surface area contributed by atoms with Crippen LogP contribution in [-0.4, -0.2) is 32.3 Å². The van der Waals surface area contributed by atoms with Gasteiger partial charge in [-0.15, -0.1) is 11.3 Å². The molecule has 1 aliphatic heterocycles. The molecule has 1 amide bonds. The van der Waals surface area contributed by atoms with E-state index in [1.54, 1.807) is 17.5 Å². The minimum absolute atomic E-state index is 0.114. The number of H-pyrrole nitrogens is 2. The Kier molecular flexibility index (Phi) is 5.77. The second-order valence-corrected chi connectivity index (χ2v) is 12.7. The molecule has 4 aliphatic rings. The van der Waals surface area contributed by atoms with Gasteiger partial charge in [0.05, 0.1) is 29.5 Å². The van der Waals surface area contributed by atoms with E-state index in [-0.39, 0.29) is 11.8 Å². The van der Waals surface area contributed by atoms with Crippen LogP contribution in [0.25, 0.3) is 34.7 Å². The molecule has 2 saturated carbocycles. The Balaban J connectivity index is 1.17. The Morgan fingerprint density at radius 3 is 2.90 bits per heavy atom. The first kappa shape index (κ1) is 24.5. The molecule has 1 unspecified atom stereocenters. The fraction of sp³-hybridized carbons (Fsp3) is 0.273. The number of pyridine rings is 1. The van der Waals surface area contributed by atoms with E-state index >= 15 is 0 Å². The maximum atomic E-state index is 12.8. The average molecular weight is 559 g/mol. The average Bonchev–Trinajstić information content (AvgIpc) is 3.38. The molecule has 0 aromatic carbocycles. The molecule has 4 aromatic rings. The van der Waals surface area contributed by atoms with E-state index < -0.39 is 0 Å². The van der Waals surface area contributed by atoms with Crippen LogP contribution in [0.4, 0.5) is 5.69 Å².